The fourth-order valence-corrected chi connectivity index (χ4v) is 4.21. The number of carboxylic acid groups (broad SMARTS) is 1. The molecule has 1 aliphatic heterocycles. The number of rotatable bonds is 4. The van der Waals surface area contributed by atoms with Gasteiger partial charge in [0.15, 0.2) is 9.84 Å². The first-order valence-corrected chi connectivity index (χ1v) is 7.79. The molecule has 0 spiro atoms. The molecule has 0 aromatic heterocycles. The summed E-state index contributed by atoms with van der Waals surface area (Å²) in [5.41, 5.74) is 5.35. The second kappa shape index (κ2) is 5.04. The van der Waals surface area contributed by atoms with Crippen molar-refractivity contribution in [3.05, 3.63) is 29.8 Å². The van der Waals surface area contributed by atoms with E-state index in [2.05, 4.69) is 10.9 Å². The van der Waals surface area contributed by atoms with Gasteiger partial charge in [0.1, 0.15) is 0 Å². The summed E-state index contributed by atoms with van der Waals surface area (Å²) in [7, 11) is -3.26. The molecule has 7 nitrogen and oxygen atoms in total. The first-order chi connectivity index (χ1) is 9.22. The maximum Gasteiger partial charge on any atom is 0.335 e. The van der Waals surface area contributed by atoms with Crippen LogP contribution in [0.15, 0.2) is 24.3 Å². The van der Waals surface area contributed by atoms with Crippen molar-refractivity contribution >= 4 is 21.5 Å². The fourth-order valence-electron chi connectivity index (χ4n) is 2.07. The zero-order chi connectivity index (χ0) is 15.0. The number of aliphatic hydroxyl groups is 1. The van der Waals surface area contributed by atoms with Crippen LogP contribution in [-0.4, -0.2) is 47.7 Å². The molecular formula is C12H16N2O5S. The van der Waals surface area contributed by atoms with Gasteiger partial charge in [-0.25, -0.2) is 18.6 Å². The standard InChI is InChI=1S/C12H16N2O5S/c1-12(7-20(18,19)6-10(12)15)14-13-9-4-2-8(3-5-9)11(16)17/h2-5,10,13-15H,6-7H2,1H3,(H,16,17)/t10-,12-/m0/s1. The van der Waals surface area contributed by atoms with E-state index in [1.807, 2.05) is 0 Å². The summed E-state index contributed by atoms with van der Waals surface area (Å²) in [6, 6.07) is 5.96. The Morgan fingerprint density at radius 2 is 1.95 bits per heavy atom. The summed E-state index contributed by atoms with van der Waals surface area (Å²) >= 11 is 0. The van der Waals surface area contributed by atoms with Crippen molar-refractivity contribution in [3.8, 4) is 0 Å². The number of hydrogen-bond acceptors (Lipinski definition) is 6. The average molecular weight is 300 g/mol. The Hall–Kier alpha value is -1.64. The summed E-state index contributed by atoms with van der Waals surface area (Å²) in [4.78, 5) is 10.7. The quantitative estimate of drug-likeness (QED) is 0.571. The SMILES string of the molecule is C[C@]1(NNc2ccc(C(=O)O)cc2)CS(=O)(=O)C[C@@H]1O. The van der Waals surface area contributed by atoms with Crippen molar-refractivity contribution in [2.45, 2.75) is 18.6 Å². The first-order valence-electron chi connectivity index (χ1n) is 5.97. The number of hydrazine groups is 1. The van der Waals surface area contributed by atoms with Crippen LogP contribution in [0.3, 0.4) is 0 Å². The number of carbonyl (C=O) groups is 1. The summed E-state index contributed by atoms with van der Waals surface area (Å²) in [5.74, 6) is -1.45. The van der Waals surface area contributed by atoms with Gasteiger partial charge in [0.05, 0.1) is 28.7 Å². The van der Waals surface area contributed by atoms with Crippen molar-refractivity contribution in [1.29, 1.82) is 0 Å². The van der Waals surface area contributed by atoms with Crippen LogP contribution >= 0.6 is 0 Å². The highest BCUT2D eigenvalue weighted by atomic mass is 32.2. The van der Waals surface area contributed by atoms with Gasteiger partial charge in [-0.2, -0.15) is 0 Å². The maximum atomic E-state index is 11.5. The van der Waals surface area contributed by atoms with Crippen LogP contribution in [0.5, 0.6) is 0 Å². The van der Waals surface area contributed by atoms with E-state index in [9.17, 15) is 18.3 Å². The number of aromatic carboxylic acids is 1. The van der Waals surface area contributed by atoms with Gasteiger partial charge in [-0.05, 0) is 31.2 Å². The molecule has 1 aromatic rings. The third-order valence-electron chi connectivity index (χ3n) is 3.29. The molecule has 1 aromatic carbocycles. The van der Waals surface area contributed by atoms with Gasteiger partial charge in [0, 0.05) is 5.69 Å². The van der Waals surface area contributed by atoms with Gasteiger partial charge in [-0.1, -0.05) is 0 Å². The Morgan fingerprint density at radius 3 is 2.40 bits per heavy atom. The van der Waals surface area contributed by atoms with E-state index in [1.54, 1.807) is 19.1 Å². The Labute approximate surface area is 116 Å². The molecule has 1 saturated heterocycles. The second-order valence-electron chi connectivity index (χ2n) is 5.12. The first kappa shape index (κ1) is 14.8. The van der Waals surface area contributed by atoms with Gasteiger partial charge in [-0.3, -0.25) is 0 Å². The molecule has 110 valence electrons. The molecule has 0 bridgehead atoms. The molecule has 4 N–H and O–H groups in total. The molecule has 0 saturated carbocycles. The van der Waals surface area contributed by atoms with Gasteiger partial charge < -0.3 is 15.6 Å². The average Bonchev–Trinajstić information content (AvgIpc) is 2.56. The van der Waals surface area contributed by atoms with Gasteiger partial charge in [0.2, 0.25) is 0 Å². The van der Waals surface area contributed by atoms with E-state index in [1.165, 1.54) is 12.1 Å². The van der Waals surface area contributed by atoms with Crippen molar-refractivity contribution in [2.75, 3.05) is 16.9 Å². The van der Waals surface area contributed by atoms with Crippen LogP contribution in [0.1, 0.15) is 17.3 Å². The molecule has 1 heterocycles. The maximum absolute atomic E-state index is 11.5. The Kier molecular flexibility index (Phi) is 3.72. The van der Waals surface area contributed by atoms with Gasteiger partial charge in [-0.15, -0.1) is 0 Å². The number of anilines is 1. The normalized spacial score (nSPS) is 28.2. The number of carboxylic acids is 1. The Morgan fingerprint density at radius 1 is 1.35 bits per heavy atom. The summed E-state index contributed by atoms with van der Waals surface area (Å²) < 4.78 is 23.0. The van der Waals surface area contributed by atoms with Crippen LogP contribution in [0.4, 0.5) is 5.69 Å². The third-order valence-corrected chi connectivity index (χ3v) is 5.15. The molecule has 0 aliphatic carbocycles. The van der Waals surface area contributed by atoms with E-state index in [0.29, 0.717) is 5.69 Å². The van der Waals surface area contributed by atoms with Crippen LogP contribution in [0.25, 0.3) is 0 Å². The lowest BCUT2D eigenvalue weighted by molar-refractivity contribution is 0.0697. The van der Waals surface area contributed by atoms with Crippen molar-refractivity contribution in [3.63, 3.8) is 0 Å². The zero-order valence-electron chi connectivity index (χ0n) is 10.8. The predicted molar refractivity (Wildman–Crippen MR) is 73.2 cm³/mol. The minimum absolute atomic E-state index is 0.158. The summed E-state index contributed by atoms with van der Waals surface area (Å²) in [5, 5.41) is 18.6. The molecule has 8 heteroatoms. The van der Waals surface area contributed by atoms with Crippen LogP contribution in [0.2, 0.25) is 0 Å². The van der Waals surface area contributed by atoms with E-state index in [-0.39, 0.29) is 17.1 Å². The Balaban J connectivity index is 2.03. The van der Waals surface area contributed by atoms with Crippen LogP contribution < -0.4 is 10.9 Å². The molecule has 0 amide bonds. The lowest BCUT2D eigenvalue weighted by Gasteiger charge is -2.28. The van der Waals surface area contributed by atoms with Gasteiger partial charge >= 0.3 is 5.97 Å². The largest absolute Gasteiger partial charge is 0.478 e. The second-order valence-corrected chi connectivity index (χ2v) is 7.23. The number of sulfone groups is 1. The van der Waals surface area contributed by atoms with Crippen LogP contribution in [0, 0.1) is 0 Å². The smallest absolute Gasteiger partial charge is 0.335 e. The number of benzene rings is 1. The third kappa shape index (κ3) is 3.09. The Bertz CT molecular complexity index is 613. The highest BCUT2D eigenvalue weighted by Crippen LogP contribution is 2.23. The summed E-state index contributed by atoms with van der Waals surface area (Å²) in [6.07, 6.45) is -1.00. The lowest BCUT2D eigenvalue weighted by Crippen LogP contribution is -2.54. The molecular weight excluding hydrogens is 284 g/mol. The number of nitrogens with one attached hydrogen (secondary N) is 2. The molecule has 0 radical (unpaired) electrons. The zero-order valence-corrected chi connectivity index (χ0v) is 11.6. The topological polar surface area (TPSA) is 116 Å². The van der Waals surface area contributed by atoms with Crippen molar-refractivity contribution < 1.29 is 23.4 Å². The highest BCUT2D eigenvalue weighted by molar-refractivity contribution is 7.91. The lowest BCUT2D eigenvalue weighted by atomic mass is 10.0. The van der Waals surface area contributed by atoms with E-state index >= 15 is 0 Å². The molecule has 1 aliphatic rings. The van der Waals surface area contributed by atoms with Crippen LogP contribution in [-0.2, 0) is 9.84 Å². The minimum atomic E-state index is -3.26. The highest BCUT2D eigenvalue weighted by Gasteiger charge is 2.46. The molecule has 20 heavy (non-hydrogen) atoms. The van der Waals surface area contributed by atoms with E-state index in [4.69, 9.17) is 5.11 Å². The summed E-state index contributed by atoms with van der Waals surface area (Å²) in [6.45, 7) is 1.61. The van der Waals surface area contributed by atoms with E-state index in [0.717, 1.165) is 0 Å². The fraction of sp³-hybridized carbons (Fsp3) is 0.417. The molecule has 2 atom stereocenters. The molecule has 0 unspecified atom stereocenters. The van der Waals surface area contributed by atoms with E-state index < -0.39 is 27.4 Å². The monoisotopic (exact) mass is 300 g/mol. The van der Waals surface area contributed by atoms with Gasteiger partial charge in [0.25, 0.3) is 0 Å². The minimum Gasteiger partial charge on any atom is -0.478 e. The number of hydrogen-bond donors (Lipinski definition) is 4. The number of aliphatic hydroxyl groups excluding tert-OH is 1. The predicted octanol–water partition coefficient (Wildman–Crippen LogP) is -0.151. The molecule has 2 rings (SSSR count). The van der Waals surface area contributed by atoms with Crippen molar-refractivity contribution in [1.82, 2.24) is 5.43 Å². The van der Waals surface area contributed by atoms with Crippen molar-refractivity contribution in [2.24, 2.45) is 0 Å². The molecule has 1 fully saturated rings.